The molecule has 0 saturated heterocycles. The maximum atomic E-state index is 9.75. The lowest BCUT2D eigenvalue weighted by molar-refractivity contribution is 0.414. The number of pyridine rings is 1. The van der Waals surface area contributed by atoms with E-state index in [4.69, 9.17) is 9.47 Å². The van der Waals surface area contributed by atoms with Crippen molar-refractivity contribution in [2.75, 3.05) is 7.11 Å². The number of phenols is 1. The molecule has 0 atom stereocenters. The van der Waals surface area contributed by atoms with E-state index < -0.39 is 0 Å². The van der Waals surface area contributed by atoms with Crippen LogP contribution >= 0.6 is 0 Å². The molecule has 1 N–H and O–H groups in total. The van der Waals surface area contributed by atoms with Crippen molar-refractivity contribution in [1.82, 2.24) is 4.98 Å². The lowest BCUT2D eigenvalue weighted by atomic mass is 10.1. The van der Waals surface area contributed by atoms with Gasteiger partial charge in [-0.05, 0) is 42.6 Å². The fourth-order valence-corrected chi connectivity index (χ4v) is 2.15. The summed E-state index contributed by atoms with van der Waals surface area (Å²) in [5.74, 6) is 2.01. The van der Waals surface area contributed by atoms with Gasteiger partial charge in [-0.1, -0.05) is 12.1 Å². The Balaban J connectivity index is 2.09. The van der Waals surface area contributed by atoms with Gasteiger partial charge in [-0.3, -0.25) is 0 Å². The molecule has 0 aliphatic carbocycles. The minimum absolute atomic E-state index is 0.199. The molecule has 0 spiro atoms. The van der Waals surface area contributed by atoms with Crippen LogP contribution in [0.5, 0.6) is 23.1 Å². The van der Waals surface area contributed by atoms with Gasteiger partial charge in [-0.25, -0.2) is 4.98 Å². The summed E-state index contributed by atoms with van der Waals surface area (Å²) in [6.07, 6.45) is 1.70. The van der Waals surface area contributed by atoms with Crippen molar-refractivity contribution < 1.29 is 14.6 Å². The van der Waals surface area contributed by atoms with Gasteiger partial charge >= 0.3 is 0 Å². The monoisotopic (exact) mass is 281 g/mol. The number of phenolic OH excluding ortho intramolecular Hbond substituents is 1. The minimum Gasteiger partial charge on any atom is -0.508 e. The summed E-state index contributed by atoms with van der Waals surface area (Å²) in [6.45, 7) is 1.80. The third-order valence-electron chi connectivity index (χ3n) is 3.40. The molecule has 21 heavy (non-hydrogen) atoms. The van der Waals surface area contributed by atoms with Crippen molar-refractivity contribution in [3.05, 3.63) is 54.2 Å². The predicted octanol–water partition coefficient (Wildman–Crippen LogP) is 4.05. The molecule has 2 aromatic carbocycles. The molecule has 0 fully saturated rings. The lowest BCUT2D eigenvalue weighted by Crippen LogP contribution is -1.92. The van der Waals surface area contributed by atoms with Crippen molar-refractivity contribution in [3.63, 3.8) is 0 Å². The zero-order chi connectivity index (χ0) is 14.8. The highest BCUT2D eigenvalue weighted by Gasteiger charge is 2.09. The first kappa shape index (κ1) is 13.2. The molecule has 4 heteroatoms. The Kier molecular flexibility index (Phi) is 3.36. The van der Waals surface area contributed by atoms with Gasteiger partial charge in [-0.15, -0.1) is 0 Å². The maximum absolute atomic E-state index is 9.75. The van der Waals surface area contributed by atoms with E-state index in [9.17, 15) is 5.11 Å². The highest BCUT2D eigenvalue weighted by molar-refractivity contribution is 5.88. The predicted molar refractivity (Wildman–Crippen MR) is 81.2 cm³/mol. The van der Waals surface area contributed by atoms with E-state index >= 15 is 0 Å². The Morgan fingerprint density at radius 2 is 1.95 bits per heavy atom. The molecule has 3 rings (SSSR count). The van der Waals surface area contributed by atoms with Crippen LogP contribution < -0.4 is 9.47 Å². The van der Waals surface area contributed by atoms with Crippen LogP contribution in [0.2, 0.25) is 0 Å². The van der Waals surface area contributed by atoms with Crippen LogP contribution in [0.1, 0.15) is 5.56 Å². The van der Waals surface area contributed by atoms with Gasteiger partial charge in [0.25, 0.3) is 0 Å². The zero-order valence-corrected chi connectivity index (χ0v) is 11.8. The molecule has 0 aliphatic rings. The number of nitrogens with zero attached hydrogens (tertiary/aromatic N) is 1. The summed E-state index contributed by atoms with van der Waals surface area (Å²) in [5, 5.41) is 11.6. The second-order valence-electron chi connectivity index (χ2n) is 4.71. The van der Waals surface area contributed by atoms with Crippen LogP contribution in [0.15, 0.2) is 48.7 Å². The molecule has 106 valence electrons. The summed E-state index contributed by atoms with van der Waals surface area (Å²) in [5.41, 5.74) is 0.680. The van der Waals surface area contributed by atoms with Crippen molar-refractivity contribution in [3.8, 4) is 23.1 Å². The average Bonchev–Trinajstić information content (AvgIpc) is 2.51. The van der Waals surface area contributed by atoms with E-state index in [0.29, 0.717) is 17.2 Å². The van der Waals surface area contributed by atoms with Crippen LogP contribution in [-0.2, 0) is 0 Å². The van der Waals surface area contributed by atoms with Crippen LogP contribution in [0.25, 0.3) is 10.8 Å². The summed E-state index contributed by atoms with van der Waals surface area (Å²) in [7, 11) is 1.62. The molecular weight excluding hydrogens is 266 g/mol. The summed E-state index contributed by atoms with van der Waals surface area (Å²) in [4.78, 5) is 4.29. The number of hydrogen-bond donors (Lipinski definition) is 1. The largest absolute Gasteiger partial charge is 0.508 e. The third-order valence-corrected chi connectivity index (χ3v) is 3.40. The Hall–Kier alpha value is -2.75. The number of rotatable bonds is 3. The van der Waals surface area contributed by atoms with Crippen LogP contribution in [-0.4, -0.2) is 17.2 Å². The first-order chi connectivity index (χ1) is 10.2. The van der Waals surface area contributed by atoms with Crippen LogP contribution in [0.4, 0.5) is 0 Å². The van der Waals surface area contributed by atoms with E-state index in [0.717, 1.165) is 16.5 Å². The van der Waals surface area contributed by atoms with Crippen LogP contribution in [0.3, 0.4) is 0 Å². The summed E-state index contributed by atoms with van der Waals surface area (Å²) < 4.78 is 11.1. The Labute approximate surface area is 122 Å². The Morgan fingerprint density at radius 3 is 2.76 bits per heavy atom. The fourth-order valence-electron chi connectivity index (χ4n) is 2.15. The van der Waals surface area contributed by atoms with E-state index in [2.05, 4.69) is 4.98 Å². The van der Waals surface area contributed by atoms with E-state index in [1.807, 2.05) is 24.3 Å². The molecule has 0 unspecified atom stereocenters. The Bertz CT molecular complexity index is 799. The van der Waals surface area contributed by atoms with Gasteiger partial charge in [0, 0.05) is 17.1 Å². The molecular formula is C17H15NO3. The standard InChI is InChI=1S/C17H15NO3/c1-11-15(19)4-3-5-16(11)21-17-14-10-13(20-2)7-6-12(14)8-9-18-17/h3-10,19H,1-2H3. The minimum atomic E-state index is 0.199. The normalized spacial score (nSPS) is 10.6. The molecule has 0 amide bonds. The van der Waals surface area contributed by atoms with Gasteiger partial charge in [0.1, 0.15) is 17.2 Å². The molecule has 4 nitrogen and oxygen atoms in total. The number of aromatic hydroxyl groups is 1. The van der Waals surface area contributed by atoms with Gasteiger partial charge < -0.3 is 14.6 Å². The molecule has 0 aliphatic heterocycles. The quantitative estimate of drug-likeness (QED) is 0.787. The first-order valence-corrected chi connectivity index (χ1v) is 6.58. The second-order valence-corrected chi connectivity index (χ2v) is 4.71. The Morgan fingerprint density at radius 1 is 1.10 bits per heavy atom. The van der Waals surface area contributed by atoms with Crippen LogP contribution in [0, 0.1) is 6.92 Å². The topological polar surface area (TPSA) is 51.6 Å². The SMILES string of the molecule is COc1ccc2ccnc(Oc3cccc(O)c3C)c2c1. The smallest absolute Gasteiger partial charge is 0.227 e. The van der Waals surface area contributed by atoms with E-state index in [-0.39, 0.29) is 5.75 Å². The van der Waals surface area contributed by atoms with Crippen molar-refractivity contribution >= 4 is 10.8 Å². The van der Waals surface area contributed by atoms with Gasteiger partial charge in [0.15, 0.2) is 0 Å². The molecule has 0 bridgehead atoms. The number of aromatic nitrogens is 1. The number of hydrogen-bond acceptors (Lipinski definition) is 4. The highest BCUT2D eigenvalue weighted by atomic mass is 16.5. The number of methoxy groups -OCH3 is 1. The molecule has 1 heterocycles. The van der Waals surface area contributed by atoms with E-state index in [1.54, 1.807) is 38.4 Å². The van der Waals surface area contributed by atoms with Crippen molar-refractivity contribution in [1.29, 1.82) is 0 Å². The molecule has 0 saturated carbocycles. The number of benzene rings is 2. The zero-order valence-electron chi connectivity index (χ0n) is 11.8. The van der Waals surface area contributed by atoms with Crippen molar-refractivity contribution in [2.45, 2.75) is 6.92 Å². The van der Waals surface area contributed by atoms with Crippen molar-refractivity contribution in [2.24, 2.45) is 0 Å². The highest BCUT2D eigenvalue weighted by Crippen LogP contribution is 2.34. The molecule has 3 aromatic rings. The number of fused-ring (bicyclic) bond motifs is 1. The lowest BCUT2D eigenvalue weighted by Gasteiger charge is -2.11. The summed E-state index contributed by atoms with van der Waals surface area (Å²) in [6, 6.07) is 12.8. The average molecular weight is 281 g/mol. The van der Waals surface area contributed by atoms with E-state index in [1.165, 1.54) is 0 Å². The third kappa shape index (κ3) is 2.48. The first-order valence-electron chi connectivity index (χ1n) is 6.58. The van der Waals surface area contributed by atoms with Gasteiger partial charge in [0.2, 0.25) is 5.88 Å². The molecule has 1 aromatic heterocycles. The fraction of sp³-hybridized carbons (Fsp3) is 0.118. The summed E-state index contributed by atoms with van der Waals surface area (Å²) >= 11 is 0. The van der Waals surface area contributed by atoms with Gasteiger partial charge in [0.05, 0.1) is 7.11 Å². The molecule has 0 radical (unpaired) electrons. The maximum Gasteiger partial charge on any atom is 0.227 e. The van der Waals surface area contributed by atoms with Gasteiger partial charge in [-0.2, -0.15) is 0 Å². The second kappa shape index (κ2) is 5.32. The number of ether oxygens (including phenoxy) is 2.